The highest BCUT2D eigenvalue weighted by atomic mass is 16.5. The number of carbonyl (C=O) groups excluding carboxylic acids is 1. The van der Waals surface area contributed by atoms with Gasteiger partial charge in [0.2, 0.25) is 0 Å². The molecule has 140 valence electrons. The lowest BCUT2D eigenvalue weighted by molar-refractivity contribution is 0.0943. The largest absolute Gasteiger partial charge is 0.359 e. The number of amides is 1. The summed E-state index contributed by atoms with van der Waals surface area (Å²) in [5.41, 5.74) is 3.12. The van der Waals surface area contributed by atoms with Crippen LogP contribution in [0.15, 0.2) is 53.6 Å². The molecular formula is C20H23N5O2. The van der Waals surface area contributed by atoms with Crippen molar-refractivity contribution in [1.29, 1.82) is 0 Å². The summed E-state index contributed by atoms with van der Waals surface area (Å²) >= 11 is 0. The molecule has 0 aliphatic carbocycles. The van der Waals surface area contributed by atoms with Crippen molar-refractivity contribution in [1.82, 2.24) is 24.9 Å². The average Bonchev–Trinajstić information content (AvgIpc) is 3.37. The van der Waals surface area contributed by atoms with Crippen LogP contribution in [-0.4, -0.2) is 38.6 Å². The maximum Gasteiger partial charge on any atom is 0.273 e. The van der Waals surface area contributed by atoms with Crippen LogP contribution in [-0.2, 0) is 26.1 Å². The molecule has 1 N–H and O–H groups in total. The maximum atomic E-state index is 12.2. The van der Waals surface area contributed by atoms with Crippen LogP contribution in [0.1, 0.15) is 33.8 Å². The number of nitrogens with one attached hydrogen (secondary N) is 1. The first-order chi connectivity index (χ1) is 13.3. The molecule has 1 amide bonds. The van der Waals surface area contributed by atoms with Crippen LogP contribution in [0.25, 0.3) is 0 Å². The van der Waals surface area contributed by atoms with E-state index in [9.17, 15) is 4.79 Å². The zero-order chi connectivity index (χ0) is 18.5. The Kier molecular flexibility index (Phi) is 5.29. The molecule has 0 unspecified atom stereocenters. The highest BCUT2D eigenvalue weighted by Gasteiger charge is 2.19. The SMILES string of the molecule is O=C(NCCCn1ccnc1)c1cc(CN2CCc3ccccc3C2)on1. The molecule has 27 heavy (non-hydrogen) atoms. The molecule has 4 rings (SSSR count). The van der Waals surface area contributed by atoms with E-state index in [-0.39, 0.29) is 5.91 Å². The fourth-order valence-corrected chi connectivity index (χ4v) is 3.38. The Morgan fingerprint density at radius 2 is 2.15 bits per heavy atom. The lowest BCUT2D eigenvalue weighted by Gasteiger charge is -2.27. The molecule has 1 aromatic carbocycles. The van der Waals surface area contributed by atoms with E-state index in [0.717, 1.165) is 38.2 Å². The smallest absolute Gasteiger partial charge is 0.273 e. The molecule has 2 aromatic heterocycles. The van der Waals surface area contributed by atoms with Gasteiger partial charge < -0.3 is 14.4 Å². The monoisotopic (exact) mass is 365 g/mol. The topological polar surface area (TPSA) is 76.2 Å². The van der Waals surface area contributed by atoms with Crippen molar-refractivity contribution < 1.29 is 9.32 Å². The minimum absolute atomic E-state index is 0.195. The summed E-state index contributed by atoms with van der Waals surface area (Å²) in [6, 6.07) is 10.3. The van der Waals surface area contributed by atoms with Gasteiger partial charge in [0.25, 0.3) is 5.91 Å². The second-order valence-electron chi connectivity index (χ2n) is 6.82. The summed E-state index contributed by atoms with van der Waals surface area (Å²) in [5.74, 6) is 0.526. The van der Waals surface area contributed by atoms with Gasteiger partial charge in [0, 0.05) is 44.6 Å². The highest BCUT2D eigenvalue weighted by molar-refractivity contribution is 5.92. The van der Waals surface area contributed by atoms with Gasteiger partial charge in [-0.15, -0.1) is 0 Å². The molecular weight excluding hydrogens is 342 g/mol. The molecule has 0 radical (unpaired) electrons. The third-order valence-electron chi connectivity index (χ3n) is 4.82. The number of imidazole rings is 1. The van der Waals surface area contributed by atoms with Crippen molar-refractivity contribution in [2.75, 3.05) is 13.1 Å². The summed E-state index contributed by atoms with van der Waals surface area (Å²) in [6.07, 6.45) is 7.29. The molecule has 0 fully saturated rings. The number of fused-ring (bicyclic) bond motifs is 1. The Hall–Kier alpha value is -2.93. The van der Waals surface area contributed by atoms with Crippen molar-refractivity contribution in [3.63, 3.8) is 0 Å². The minimum atomic E-state index is -0.195. The van der Waals surface area contributed by atoms with Gasteiger partial charge in [0.1, 0.15) is 0 Å². The van der Waals surface area contributed by atoms with Crippen LogP contribution in [0.5, 0.6) is 0 Å². The predicted molar refractivity (Wildman–Crippen MR) is 99.9 cm³/mol. The molecule has 7 nitrogen and oxygen atoms in total. The van der Waals surface area contributed by atoms with Crippen LogP contribution in [0.4, 0.5) is 0 Å². The molecule has 7 heteroatoms. The number of carbonyl (C=O) groups is 1. The molecule has 0 atom stereocenters. The van der Waals surface area contributed by atoms with Crippen molar-refractivity contribution in [2.45, 2.75) is 32.5 Å². The number of rotatable bonds is 7. The Morgan fingerprint density at radius 3 is 3.00 bits per heavy atom. The quantitative estimate of drug-likeness (QED) is 0.650. The molecule has 0 bridgehead atoms. The van der Waals surface area contributed by atoms with Crippen molar-refractivity contribution in [3.8, 4) is 0 Å². The first kappa shape index (κ1) is 17.5. The van der Waals surface area contributed by atoms with Crippen molar-refractivity contribution in [2.24, 2.45) is 0 Å². The summed E-state index contributed by atoms with van der Waals surface area (Å²) in [4.78, 5) is 18.5. The first-order valence-electron chi connectivity index (χ1n) is 9.26. The van der Waals surface area contributed by atoms with E-state index >= 15 is 0 Å². The molecule has 0 spiro atoms. The number of aryl methyl sites for hydroxylation is 1. The Labute approximate surface area is 158 Å². The van der Waals surface area contributed by atoms with E-state index in [1.807, 2.05) is 10.8 Å². The van der Waals surface area contributed by atoms with Crippen LogP contribution in [0.3, 0.4) is 0 Å². The van der Waals surface area contributed by atoms with E-state index in [1.165, 1.54) is 11.1 Å². The fraction of sp³-hybridized carbons (Fsp3) is 0.350. The van der Waals surface area contributed by atoms with E-state index in [1.54, 1.807) is 18.6 Å². The normalized spacial score (nSPS) is 14.1. The number of hydrogen-bond acceptors (Lipinski definition) is 5. The second-order valence-corrected chi connectivity index (χ2v) is 6.82. The number of aromatic nitrogens is 3. The zero-order valence-corrected chi connectivity index (χ0v) is 15.2. The van der Waals surface area contributed by atoms with Gasteiger partial charge in [-0.25, -0.2) is 4.98 Å². The summed E-state index contributed by atoms with van der Waals surface area (Å²) < 4.78 is 7.36. The molecule has 0 saturated carbocycles. The van der Waals surface area contributed by atoms with Gasteiger partial charge in [-0.2, -0.15) is 0 Å². The van der Waals surface area contributed by atoms with E-state index < -0.39 is 0 Å². The minimum Gasteiger partial charge on any atom is -0.359 e. The van der Waals surface area contributed by atoms with Crippen LogP contribution in [0.2, 0.25) is 0 Å². The Morgan fingerprint density at radius 1 is 1.26 bits per heavy atom. The third kappa shape index (κ3) is 4.43. The van der Waals surface area contributed by atoms with Gasteiger partial charge in [-0.3, -0.25) is 9.69 Å². The lowest BCUT2D eigenvalue weighted by atomic mass is 10.00. The Balaban J connectivity index is 1.25. The standard InChI is InChI=1S/C20H23N5O2/c26-20(22-7-3-9-24-11-8-21-15-24)19-12-18(27-23-19)14-25-10-6-16-4-1-2-5-17(16)13-25/h1-2,4-5,8,11-12,15H,3,6-7,9-10,13-14H2,(H,22,26). The summed E-state index contributed by atoms with van der Waals surface area (Å²) in [7, 11) is 0. The van der Waals surface area contributed by atoms with E-state index in [0.29, 0.717) is 18.8 Å². The van der Waals surface area contributed by atoms with E-state index in [2.05, 4.69) is 44.6 Å². The number of benzene rings is 1. The molecule has 3 heterocycles. The third-order valence-corrected chi connectivity index (χ3v) is 4.82. The van der Waals surface area contributed by atoms with Gasteiger partial charge >= 0.3 is 0 Å². The molecule has 3 aromatic rings. The van der Waals surface area contributed by atoms with Gasteiger partial charge in [-0.1, -0.05) is 29.4 Å². The fourth-order valence-electron chi connectivity index (χ4n) is 3.38. The van der Waals surface area contributed by atoms with Crippen molar-refractivity contribution >= 4 is 5.91 Å². The molecule has 1 aliphatic rings. The second kappa shape index (κ2) is 8.18. The van der Waals surface area contributed by atoms with Crippen molar-refractivity contribution in [3.05, 3.63) is 71.6 Å². The first-order valence-corrected chi connectivity index (χ1v) is 9.26. The van der Waals surface area contributed by atoms with Crippen LogP contribution < -0.4 is 5.32 Å². The lowest BCUT2D eigenvalue weighted by Crippen LogP contribution is -2.29. The highest BCUT2D eigenvalue weighted by Crippen LogP contribution is 2.20. The van der Waals surface area contributed by atoms with Crippen LogP contribution in [0, 0.1) is 0 Å². The Bertz CT molecular complexity index is 887. The summed E-state index contributed by atoms with van der Waals surface area (Å²) in [5, 5.41) is 6.81. The van der Waals surface area contributed by atoms with Gasteiger partial charge in [-0.05, 0) is 24.0 Å². The molecule has 0 saturated heterocycles. The zero-order valence-electron chi connectivity index (χ0n) is 15.2. The van der Waals surface area contributed by atoms with Gasteiger partial charge in [0.15, 0.2) is 11.5 Å². The average molecular weight is 365 g/mol. The maximum absolute atomic E-state index is 12.2. The molecule has 1 aliphatic heterocycles. The predicted octanol–water partition coefficient (Wildman–Crippen LogP) is 2.25. The number of hydrogen-bond donors (Lipinski definition) is 1. The van der Waals surface area contributed by atoms with Crippen LogP contribution >= 0.6 is 0 Å². The number of nitrogens with zero attached hydrogens (tertiary/aromatic N) is 4. The van der Waals surface area contributed by atoms with E-state index in [4.69, 9.17) is 4.52 Å². The summed E-state index contributed by atoms with van der Waals surface area (Å²) in [6.45, 7) is 3.94. The van der Waals surface area contributed by atoms with Gasteiger partial charge in [0.05, 0.1) is 12.9 Å².